The van der Waals surface area contributed by atoms with E-state index in [0.717, 1.165) is 44.9 Å². The molecule has 0 bridgehead atoms. The van der Waals surface area contributed by atoms with Crippen molar-refractivity contribution in [2.45, 2.75) is 224 Å². The molecular weight excluding hydrogens is 648 g/mol. The lowest BCUT2D eigenvalue weighted by molar-refractivity contribution is -0.305. The van der Waals surface area contributed by atoms with Gasteiger partial charge >= 0.3 is 5.97 Å². The van der Waals surface area contributed by atoms with E-state index in [2.05, 4.69) is 26.0 Å². The molecule has 0 radical (unpaired) electrons. The van der Waals surface area contributed by atoms with Crippen LogP contribution in [0.25, 0.3) is 0 Å². The van der Waals surface area contributed by atoms with E-state index in [9.17, 15) is 25.2 Å². The van der Waals surface area contributed by atoms with E-state index in [-0.39, 0.29) is 19.2 Å². The number of hydrogen-bond donors (Lipinski definition) is 4. The van der Waals surface area contributed by atoms with Gasteiger partial charge in [0.1, 0.15) is 30.5 Å². The Morgan fingerprint density at radius 1 is 0.608 bits per heavy atom. The molecule has 1 fully saturated rings. The van der Waals surface area contributed by atoms with E-state index in [1.54, 1.807) is 0 Å². The fourth-order valence-electron chi connectivity index (χ4n) is 6.54. The van der Waals surface area contributed by atoms with E-state index in [1.165, 1.54) is 122 Å². The van der Waals surface area contributed by atoms with Gasteiger partial charge in [0.15, 0.2) is 6.29 Å². The van der Waals surface area contributed by atoms with Crippen molar-refractivity contribution in [1.82, 2.24) is 0 Å². The Morgan fingerprint density at radius 2 is 1.08 bits per heavy atom. The van der Waals surface area contributed by atoms with Crippen molar-refractivity contribution in [3.05, 3.63) is 12.2 Å². The van der Waals surface area contributed by atoms with Crippen LogP contribution in [-0.4, -0.2) is 89.6 Å². The number of hydrogen-bond acceptors (Lipinski definition) is 9. The summed E-state index contributed by atoms with van der Waals surface area (Å²) in [5.74, 6) is -0.320. The molecule has 4 N–H and O–H groups in total. The zero-order valence-corrected chi connectivity index (χ0v) is 32.9. The maximum Gasteiger partial charge on any atom is 0.306 e. The van der Waals surface area contributed by atoms with Crippen molar-refractivity contribution in [2.24, 2.45) is 0 Å². The molecule has 9 heteroatoms. The van der Waals surface area contributed by atoms with Gasteiger partial charge < -0.3 is 39.4 Å². The number of aliphatic hydroxyl groups excluding tert-OH is 4. The Balaban J connectivity index is 2.29. The maximum absolute atomic E-state index is 12.7. The molecule has 0 amide bonds. The highest BCUT2D eigenvalue weighted by atomic mass is 16.7. The number of unbranched alkanes of at least 4 members (excludes halogenated alkanes) is 23. The SMILES string of the molecule is CCCCCCCC/C=C\CCCCCCCC(=O)OC(COCCCCCCCCCCCCCCC)COC1OC(CO)C(O)C(O)C1O. The lowest BCUT2D eigenvalue weighted by Crippen LogP contribution is -2.59. The zero-order chi connectivity index (χ0) is 37.2. The van der Waals surface area contributed by atoms with Crippen LogP contribution in [0.1, 0.15) is 187 Å². The monoisotopic (exact) mass is 729 g/mol. The fraction of sp³-hybridized carbons (Fsp3) is 0.929. The van der Waals surface area contributed by atoms with Gasteiger partial charge in [-0.25, -0.2) is 0 Å². The van der Waals surface area contributed by atoms with Crippen LogP contribution in [-0.2, 0) is 23.7 Å². The highest BCUT2D eigenvalue weighted by Gasteiger charge is 2.44. The molecule has 1 aliphatic rings. The third-order valence-electron chi connectivity index (χ3n) is 9.93. The minimum atomic E-state index is -1.53. The molecule has 1 saturated heterocycles. The minimum Gasteiger partial charge on any atom is -0.457 e. The van der Waals surface area contributed by atoms with Crippen molar-refractivity contribution < 1.29 is 44.2 Å². The van der Waals surface area contributed by atoms with Crippen LogP contribution in [0.5, 0.6) is 0 Å². The van der Waals surface area contributed by atoms with Gasteiger partial charge in [-0.05, 0) is 38.5 Å². The number of ether oxygens (including phenoxy) is 4. The molecule has 1 rings (SSSR count). The predicted molar refractivity (Wildman–Crippen MR) is 206 cm³/mol. The van der Waals surface area contributed by atoms with Crippen LogP contribution < -0.4 is 0 Å². The van der Waals surface area contributed by atoms with Gasteiger partial charge in [0.2, 0.25) is 0 Å². The van der Waals surface area contributed by atoms with Gasteiger partial charge in [0.05, 0.1) is 19.8 Å². The number of aliphatic hydroxyl groups is 4. The van der Waals surface area contributed by atoms with Gasteiger partial charge in [-0.3, -0.25) is 4.79 Å². The zero-order valence-electron chi connectivity index (χ0n) is 32.9. The second kappa shape index (κ2) is 34.7. The Kier molecular flexibility index (Phi) is 32.6. The molecule has 0 aromatic rings. The summed E-state index contributed by atoms with van der Waals surface area (Å²) in [6.45, 7) is 4.56. The average molecular weight is 729 g/mol. The van der Waals surface area contributed by atoms with E-state index >= 15 is 0 Å². The van der Waals surface area contributed by atoms with Gasteiger partial charge in [0.25, 0.3) is 0 Å². The van der Waals surface area contributed by atoms with Crippen molar-refractivity contribution in [2.75, 3.05) is 26.4 Å². The molecule has 9 nitrogen and oxygen atoms in total. The molecule has 0 saturated carbocycles. The lowest BCUT2D eigenvalue weighted by Gasteiger charge is -2.39. The van der Waals surface area contributed by atoms with Crippen LogP contribution in [0.4, 0.5) is 0 Å². The molecular formula is C42H80O9. The minimum absolute atomic E-state index is 0.112. The first kappa shape index (κ1) is 48.0. The summed E-state index contributed by atoms with van der Waals surface area (Å²) in [6.07, 6.45) is 29.4. The number of allylic oxidation sites excluding steroid dienone is 2. The second-order valence-electron chi connectivity index (χ2n) is 14.8. The lowest BCUT2D eigenvalue weighted by atomic mass is 9.99. The maximum atomic E-state index is 12.7. The first-order valence-electron chi connectivity index (χ1n) is 21.3. The summed E-state index contributed by atoms with van der Waals surface area (Å²) in [6, 6.07) is 0. The number of carbonyl (C=O) groups excluding carboxylic acids is 1. The Hall–Kier alpha value is -1.07. The van der Waals surface area contributed by atoms with E-state index in [0.29, 0.717) is 13.0 Å². The number of carbonyl (C=O) groups is 1. The molecule has 6 unspecified atom stereocenters. The largest absolute Gasteiger partial charge is 0.457 e. The van der Waals surface area contributed by atoms with Crippen molar-refractivity contribution >= 4 is 5.97 Å². The molecule has 0 aromatic heterocycles. The first-order chi connectivity index (χ1) is 24.9. The van der Waals surface area contributed by atoms with E-state index < -0.39 is 43.4 Å². The Labute approximate surface area is 312 Å². The number of esters is 1. The second-order valence-corrected chi connectivity index (χ2v) is 14.8. The summed E-state index contributed by atoms with van der Waals surface area (Å²) in [5.41, 5.74) is 0. The fourth-order valence-corrected chi connectivity index (χ4v) is 6.54. The van der Waals surface area contributed by atoms with Crippen LogP contribution in [0.15, 0.2) is 12.2 Å². The standard InChI is InChI=1S/C42H80O9/c1-3-5-7-9-11-13-15-17-18-19-21-23-25-27-29-31-38(44)50-36(35-49-42-41(47)40(46)39(45)37(33-43)51-42)34-48-32-30-28-26-24-22-20-16-14-12-10-8-6-4-2/h17-18,36-37,39-43,45-47H,3-16,19-35H2,1-2H3/b18-17-. The summed E-state index contributed by atoms with van der Waals surface area (Å²) >= 11 is 0. The van der Waals surface area contributed by atoms with Crippen molar-refractivity contribution in [3.63, 3.8) is 0 Å². The van der Waals surface area contributed by atoms with E-state index in [4.69, 9.17) is 18.9 Å². The molecule has 0 aromatic carbocycles. The molecule has 0 spiro atoms. The van der Waals surface area contributed by atoms with Crippen LogP contribution in [0, 0.1) is 0 Å². The summed E-state index contributed by atoms with van der Waals surface area (Å²) in [4.78, 5) is 12.7. The van der Waals surface area contributed by atoms with Gasteiger partial charge in [-0.15, -0.1) is 0 Å². The van der Waals surface area contributed by atoms with Crippen molar-refractivity contribution in [3.8, 4) is 0 Å². The van der Waals surface area contributed by atoms with E-state index in [1.807, 2.05) is 0 Å². The third-order valence-corrected chi connectivity index (χ3v) is 9.93. The Bertz CT molecular complexity index is 792. The summed E-state index contributed by atoms with van der Waals surface area (Å²) in [7, 11) is 0. The molecule has 51 heavy (non-hydrogen) atoms. The van der Waals surface area contributed by atoms with Crippen LogP contribution in [0.2, 0.25) is 0 Å². The highest BCUT2D eigenvalue weighted by Crippen LogP contribution is 2.22. The normalized spacial score (nSPS) is 21.4. The summed E-state index contributed by atoms with van der Waals surface area (Å²) < 4.78 is 22.8. The molecule has 1 aliphatic heterocycles. The highest BCUT2D eigenvalue weighted by molar-refractivity contribution is 5.69. The van der Waals surface area contributed by atoms with Crippen LogP contribution in [0.3, 0.4) is 0 Å². The summed E-state index contributed by atoms with van der Waals surface area (Å²) in [5, 5.41) is 40.0. The molecule has 6 atom stereocenters. The van der Waals surface area contributed by atoms with Gasteiger partial charge in [0, 0.05) is 13.0 Å². The molecule has 302 valence electrons. The number of rotatable bonds is 36. The first-order valence-corrected chi connectivity index (χ1v) is 21.3. The predicted octanol–water partition coefficient (Wildman–Crippen LogP) is 8.86. The quantitative estimate of drug-likeness (QED) is 0.0284. The van der Waals surface area contributed by atoms with Gasteiger partial charge in [-0.1, -0.05) is 154 Å². The molecule has 0 aliphatic carbocycles. The van der Waals surface area contributed by atoms with Crippen LogP contribution >= 0.6 is 0 Å². The Morgan fingerprint density at radius 3 is 1.59 bits per heavy atom. The third kappa shape index (κ3) is 26.4. The average Bonchev–Trinajstić information content (AvgIpc) is 3.13. The van der Waals surface area contributed by atoms with Crippen molar-refractivity contribution in [1.29, 1.82) is 0 Å². The van der Waals surface area contributed by atoms with Gasteiger partial charge in [-0.2, -0.15) is 0 Å². The molecule has 1 heterocycles. The topological polar surface area (TPSA) is 135 Å². The smallest absolute Gasteiger partial charge is 0.306 e.